The minimum atomic E-state index is -0.0152. The molecule has 1 aliphatic rings. The summed E-state index contributed by atoms with van der Waals surface area (Å²) in [6.07, 6.45) is 5.64. The Labute approximate surface area is 90.1 Å². The lowest BCUT2D eigenvalue weighted by Crippen LogP contribution is -2.34. The van der Waals surface area contributed by atoms with E-state index in [1.165, 1.54) is 25.7 Å². The Morgan fingerprint density at radius 3 is 2.87 bits per heavy atom. The van der Waals surface area contributed by atoms with Gasteiger partial charge in [0.15, 0.2) is 0 Å². The van der Waals surface area contributed by atoms with Crippen molar-refractivity contribution in [1.82, 2.24) is 5.32 Å². The highest BCUT2D eigenvalue weighted by molar-refractivity contribution is 4.96. The highest BCUT2D eigenvalue weighted by Gasteiger charge is 2.23. The van der Waals surface area contributed by atoms with Gasteiger partial charge < -0.3 is 5.32 Å². The zero-order valence-electron chi connectivity index (χ0n) is 8.89. The maximum absolute atomic E-state index is 8.99. The zero-order chi connectivity index (χ0) is 10.9. The molecule has 0 aromatic heterocycles. The fraction of sp³-hybridized carbons (Fsp3) is 0.900. The van der Waals surface area contributed by atoms with Crippen LogP contribution in [0.1, 0.15) is 32.1 Å². The van der Waals surface area contributed by atoms with Gasteiger partial charge in [-0.2, -0.15) is 5.26 Å². The van der Waals surface area contributed by atoms with Crippen molar-refractivity contribution in [3.05, 3.63) is 10.4 Å². The zero-order valence-corrected chi connectivity index (χ0v) is 8.89. The van der Waals surface area contributed by atoms with Crippen molar-refractivity contribution in [2.75, 3.05) is 13.1 Å². The molecule has 1 atom stereocenters. The number of hydrogen-bond donors (Lipinski definition) is 1. The van der Waals surface area contributed by atoms with Gasteiger partial charge in [0.05, 0.1) is 12.1 Å². The van der Waals surface area contributed by atoms with Crippen molar-refractivity contribution in [1.29, 1.82) is 5.26 Å². The van der Waals surface area contributed by atoms with Crippen LogP contribution in [0.25, 0.3) is 10.4 Å². The lowest BCUT2D eigenvalue weighted by atomic mass is 9.99. The molecule has 1 unspecified atom stereocenters. The third-order valence-corrected chi connectivity index (χ3v) is 2.87. The van der Waals surface area contributed by atoms with Gasteiger partial charge >= 0.3 is 0 Å². The monoisotopic (exact) mass is 207 g/mol. The van der Waals surface area contributed by atoms with E-state index in [0.717, 1.165) is 13.0 Å². The largest absolute Gasteiger partial charge is 0.302 e. The van der Waals surface area contributed by atoms with Crippen molar-refractivity contribution in [3.63, 3.8) is 0 Å². The van der Waals surface area contributed by atoms with Crippen molar-refractivity contribution >= 4 is 0 Å². The Morgan fingerprint density at radius 1 is 1.53 bits per heavy atom. The number of hydrogen-bond acceptors (Lipinski definition) is 3. The standard InChI is InChI=1S/C10H17N5/c11-8-10(9-4-1-2-5-9)13-6-3-7-14-15-12/h9-10,13H,1-7H2. The molecule has 0 aliphatic heterocycles. The van der Waals surface area contributed by atoms with E-state index in [2.05, 4.69) is 21.4 Å². The third kappa shape index (κ3) is 4.20. The fourth-order valence-electron chi connectivity index (χ4n) is 2.06. The van der Waals surface area contributed by atoms with Gasteiger partial charge in [0.1, 0.15) is 0 Å². The van der Waals surface area contributed by atoms with Gasteiger partial charge in [-0.3, -0.25) is 0 Å². The van der Waals surface area contributed by atoms with Crippen molar-refractivity contribution < 1.29 is 0 Å². The molecule has 5 heteroatoms. The predicted molar refractivity (Wildman–Crippen MR) is 58.0 cm³/mol. The molecule has 5 nitrogen and oxygen atoms in total. The average molecular weight is 207 g/mol. The molecule has 1 N–H and O–H groups in total. The Hall–Kier alpha value is -1.24. The Bertz CT molecular complexity index is 257. The second kappa shape index (κ2) is 7.10. The van der Waals surface area contributed by atoms with E-state index in [4.69, 9.17) is 10.8 Å². The molecule has 1 rings (SSSR count). The Balaban J connectivity index is 2.16. The van der Waals surface area contributed by atoms with Gasteiger partial charge in [-0.25, -0.2) is 0 Å². The lowest BCUT2D eigenvalue weighted by Gasteiger charge is -2.17. The number of azide groups is 1. The van der Waals surface area contributed by atoms with Crippen LogP contribution in [-0.4, -0.2) is 19.1 Å². The summed E-state index contributed by atoms with van der Waals surface area (Å²) in [5, 5.41) is 15.7. The molecular formula is C10H17N5. The van der Waals surface area contributed by atoms with Crippen LogP contribution in [0.15, 0.2) is 5.11 Å². The number of rotatable bonds is 6. The summed E-state index contributed by atoms with van der Waals surface area (Å²) in [6, 6.07) is 2.31. The summed E-state index contributed by atoms with van der Waals surface area (Å²) in [6.45, 7) is 1.26. The SMILES string of the molecule is N#CC(NCCCN=[N+]=[N-])C1CCCC1. The van der Waals surface area contributed by atoms with E-state index in [1.807, 2.05) is 0 Å². The van der Waals surface area contributed by atoms with Crippen LogP contribution in [0, 0.1) is 17.2 Å². The van der Waals surface area contributed by atoms with E-state index in [0.29, 0.717) is 12.5 Å². The first-order chi connectivity index (χ1) is 7.38. The fourth-order valence-corrected chi connectivity index (χ4v) is 2.06. The van der Waals surface area contributed by atoms with Gasteiger partial charge in [-0.15, -0.1) is 0 Å². The molecule has 1 saturated carbocycles. The van der Waals surface area contributed by atoms with Gasteiger partial charge in [0, 0.05) is 11.5 Å². The maximum Gasteiger partial charge on any atom is 0.0981 e. The van der Waals surface area contributed by atoms with E-state index >= 15 is 0 Å². The van der Waals surface area contributed by atoms with Crippen LogP contribution in [0.4, 0.5) is 0 Å². The topological polar surface area (TPSA) is 84.6 Å². The second-order valence-electron chi connectivity index (χ2n) is 3.91. The minimum Gasteiger partial charge on any atom is -0.302 e. The molecule has 0 heterocycles. The molecule has 0 radical (unpaired) electrons. The molecule has 0 amide bonds. The van der Waals surface area contributed by atoms with E-state index in [-0.39, 0.29) is 6.04 Å². The van der Waals surface area contributed by atoms with Gasteiger partial charge in [-0.1, -0.05) is 18.0 Å². The molecule has 1 fully saturated rings. The first-order valence-electron chi connectivity index (χ1n) is 5.52. The summed E-state index contributed by atoms with van der Waals surface area (Å²) in [4.78, 5) is 2.68. The van der Waals surface area contributed by atoms with Crippen molar-refractivity contribution in [3.8, 4) is 6.07 Å². The molecule has 0 bridgehead atoms. The Morgan fingerprint density at radius 2 is 2.27 bits per heavy atom. The molecule has 0 aromatic carbocycles. The van der Waals surface area contributed by atoms with Crippen molar-refractivity contribution in [2.45, 2.75) is 38.1 Å². The highest BCUT2D eigenvalue weighted by atomic mass is 15.1. The molecule has 0 spiro atoms. The number of nitrogens with zero attached hydrogens (tertiary/aromatic N) is 4. The first-order valence-corrected chi connectivity index (χ1v) is 5.52. The molecule has 0 aromatic rings. The van der Waals surface area contributed by atoms with Crippen LogP contribution in [-0.2, 0) is 0 Å². The average Bonchev–Trinajstić information content (AvgIpc) is 2.77. The summed E-state index contributed by atoms with van der Waals surface area (Å²) in [5.74, 6) is 0.523. The van der Waals surface area contributed by atoms with E-state index < -0.39 is 0 Å². The lowest BCUT2D eigenvalue weighted by molar-refractivity contribution is 0.420. The molecule has 82 valence electrons. The molecule has 0 saturated heterocycles. The van der Waals surface area contributed by atoms with E-state index in [1.54, 1.807) is 0 Å². The Kier molecular flexibility index (Phi) is 5.60. The number of nitriles is 1. The maximum atomic E-state index is 8.99. The van der Waals surface area contributed by atoms with E-state index in [9.17, 15) is 0 Å². The highest BCUT2D eigenvalue weighted by Crippen LogP contribution is 2.27. The first kappa shape index (κ1) is 11.8. The normalized spacial score (nSPS) is 18.1. The number of nitrogens with one attached hydrogen (secondary N) is 1. The molecule has 15 heavy (non-hydrogen) atoms. The quantitative estimate of drug-likeness (QED) is 0.314. The molecule has 1 aliphatic carbocycles. The predicted octanol–water partition coefficient (Wildman–Crippen LogP) is 2.36. The second-order valence-corrected chi connectivity index (χ2v) is 3.91. The van der Waals surface area contributed by atoms with Gasteiger partial charge in [-0.05, 0) is 37.3 Å². The summed E-state index contributed by atoms with van der Waals surface area (Å²) in [5.41, 5.74) is 8.08. The third-order valence-electron chi connectivity index (χ3n) is 2.87. The van der Waals surface area contributed by atoms with Crippen LogP contribution >= 0.6 is 0 Å². The van der Waals surface area contributed by atoms with Crippen LogP contribution < -0.4 is 5.32 Å². The van der Waals surface area contributed by atoms with Gasteiger partial charge in [0.2, 0.25) is 0 Å². The van der Waals surface area contributed by atoms with Crippen molar-refractivity contribution in [2.24, 2.45) is 11.0 Å². The summed E-state index contributed by atoms with van der Waals surface area (Å²) in [7, 11) is 0. The van der Waals surface area contributed by atoms with Crippen LogP contribution in [0.5, 0.6) is 0 Å². The van der Waals surface area contributed by atoms with Crippen LogP contribution in [0.3, 0.4) is 0 Å². The summed E-state index contributed by atoms with van der Waals surface area (Å²) >= 11 is 0. The van der Waals surface area contributed by atoms with Crippen LogP contribution in [0.2, 0.25) is 0 Å². The molecular weight excluding hydrogens is 190 g/mol. The minimum absolute atomic E-state index is 0.0152. The van der Waals surface area contributed by atoms with Gasteiger partial charge in [0.25, 0.3) is 0 Å². The smallest absolute Gasteiger partial charge is 0.0981 e. The summed E-state index contributed by atoms with van der Waals surface area (Å²) < 4.78 is 0.